The molecular formula is C44H49N3S2. The molecule has 7 rings (SSSR count). The minimum absolute atomic E-state index is 0.960. The van der Waals surface area contributed by atoms with Crippen molar-refractivity contribution in [1.29, 1.82) is 0 Å². The van der Waals surface area contributed by atoms with Crippen LogP contribution in [-0.2, 0) is 19.4 Å². The Morgan fingerprint density at radius 3 is 1.80 bits per heavy atom. The second kappa shape index (κ2) is 15.0. The number of nitrogens with zero attached hydrogens (tertiary/aromatic N) is 3. The van der Waals surface area contributed by atoms with Gasteiger partial charge in [0.1, 0.15) is 0 Å². The van der Waals surface area contributed by atoms with Gasteiger partial charge in [0.15, 0.2) is 0 Å². The Balaban J connectivity index is 1.30. The molecule has 0 N–H and O–H groups in total. The number of benzene rings is 3. The van der Waals surface area contributed by atoms with E-state index in [1.54, 1.807) is 0 Å². The summed E-state index contributed by atoms with van der Waals surface area (Å²) in [5, 5.41) is 2.72. The van der Waals surface area contributed by atoms with Crippen molar-refractivity contribution in [3.8, 4) is 31.3 Å². The standard InChI is InChI=1S/C44H49N3S2/c1-6-9-10-11-12-13-26-47-38-27-29(4)16-19-32(38)33-20-18-31(28-39(33)47)40-24-25-42(49-40)35-22-21-34(41-23-17-30(5)48-41)43-44(35)46-37(15-8-3)36(45-43)14-7-2/h16-25,27-28H,6-15,26H2,1-5H3. The molecule has 0 aliphatic carbocycles. The SMILES string of the molecule is CCCCCCCCn1c2cc(C)ccc2c2ccc(-c3ccc(-c4ccc(-c5ccc(C)s5)c5nc(CCC)c(CCC)nc45)s3)cc21. The Kier molecular flexibility index (Phi) is 10.3. The third-order valence-electron chi connectivity index (χ3n) is 9.87. The first-order valence-electron chi connectivity index (χ1n) is 18.5. The van der Waals surface area contributed by atoms with E-state index in [9.17, 15) is 0 Å². The zero-order valence-electron chi connectivity index (χ0n) is 29.9. The molecule has 0 spiro atoms. The highest BCUT2D eigenvalue weighted by Gasteiger charge is 2.19. The molecule has 4 heterocycles. The van der Waals surface area contributed by atoms with Crippen LogP contribution in [0.4, 0.5) is 0 Å². The fourth-order valence-electron chi connectivity index (χ4n) is 7.34. The van der Waals surface area contributed by atoms with Gasteiger partial charge >= 0.3 is 0 Å². The second-order valence-corrected chi connectivity index (χ2v) is 16.1. The van der Waals surface area contributed by atoms with Gasteiger partial charge in [0, 0.05) is 59.0 Å². The molecule has 0 unspecified atom stereocenters. The van der Waals surface area contributed by atoms with Gasteiger partial charge < -0.3 is 4.57 Å². The number of hydrogen-bond acceptors (Lipinski definition) is 4. The van der Waals surface area contributed by atoms with Crippen LogP contribution in [0.5, 0.6) is 0 Å². The smallest absolute Gasteiger partial charge is 0.0983 e. The third-order valence-corrected chi connectivity index (χ3v) is 12.1. The summed E-state index contributed by atoms with van der Waals surface area (Å²) in [7, 11) is 0. The average molecular weight is 684 g/mol. The molecule has 49 heavy (non-hydrogen) atoms. The van der Waals surface area contributed by atoms with Crippen LogP contribution in [0.1, 0.15) is 94.0 Å². The molecule has 4 aromatic heterocycles. The van der Waals surface area contributed by atoms with Gasteiger partial charge in [-0.25, -0.2) is 9.97 Å². The normalized spacial score (nSPS) is 11.9. The first-order valence-corrected chi connectivity index (χ1v) is 20.1. The molecule has 252 valence electrons. The van der Waals surface area contributed by atoms with Crippen LogP contribution in [0.3, 0.4) is 0 Å². The molecule has 3 aromatic carbocycles. The van der Waals surface area contributed by atoms with Crippen molar-refractivity contribution in [2.75, 3.05) is 0 Å². The molecule has 0 radical (unpaired) electrons. The highest BCUT2D eigenvalue weighted by atomic mass is 32.1. The molecule has 0 fully saturated rings. The van der Waals surface area contributed by atoms with E-state index in [0.717, 1.165) is 54.6 Å². The van der Waals surface area contributed by atoms with Gasteiger partial charge in [0.25, 0.3) is 0 Å². The lowest BCUT2D eigenvalue weighted by Crippen LogP contribution is -2.04. The summed E-state index contributed by atoms with van der Waals surface area (Å²) in [4.78, 5) is 15.9. The van der Waals surface area contributed by atoms with Crippen molar-refractivity contribution >= 4 is 55.5 Å². The summed E-state index contributed by atoms with van der Waals surface area (Å²) in [6, 6.07) is 27.7. The highest BCUT2D eigenvalue weighted by Crippen LogP contribution is 2.42. The fraction of sp³-hybridized carbons (Fsp3) is 0.364. The van der Waals surface area contributed by atoms with Gasteiger partial charge in [0.05, 0.1) is 22.4 Å². The molecule has 0 saturated heterocycles. The molecule has 0 aliphatic heterocycles. The molecular weight excluding hydrogens is 635 g/mol. The minimum atomic E-state index is 0.960. The van der Waals surface area contributed by atoms with Gasteiger partial charge in [0.2, 0.25) is 0 Å². The van der Waals surface area contributed by atoms with Gasteiger partial charge in [-0.05, 0) is 80.6 Å². The predicted octanol–water partition coefficient (Wildman–Crippen LogP) is 13.7. The lowest BCUT2D eigenvalue weighted by Gasteiger charge is -2.13. The van der Waals surface area contributed by atoms with Crippen LogP contribution in [0, 0.1) is 13.8 Å². The number of rotatable bonds is 14. The molecule has 0 amide bonds. The number of unbranched alkanes of at least 4 members (excludes halogenated alkanes) is 5. The van der Waals surface area contributed by atoms with Crippen molar-refractivity contribution in [3.05, 3.63) is 94.6 Å². The predicted molar refractivity (Wildman–Crippen MR) is 215 cm³/mol. The second-order valence-electron chi connectivity index (χ2n) is 13.7. The van der Waals surface area contributed by atoms with E-state index < -0.39 is 0 Å². The zero-order valence-corrected chi connectivity index (χ0v) is 31.5. The highest BCUT2D eigenvalue weighted by molar-refractivity contribution is 7.19. The van der Waals surface area contributed by atoms with Crippen molar-refractivity contribution in [3.63, 3.8) is 0 Å². The van der Waals surface area contributed by atoms with Gasteiger partial charge in [-0.2, -0.15) is 0 Å². The van der Waals surface area contributed by atoms with Crippen LogP contribution in [-0.4, -0.2) is 14.5 Å². The Morgan fingerprint density at radius 1 is 0.551 bits per heavy atom. The Hall–Kier alpha value is -3.80. The van der Waals surface area contributed by atoms with Crippen LogP contribution < -0.4 is 0 Å². The van der Waals surface area contributed by atoms with Crippen LogP contribution in [0.15, 0.2) is 72.8 Å². The minimum Gasteiger partial charge on any atom is -0.340 e. The number of aromatic nitrogens is 3. The molecule has 0 saturated carbocycles. The van der Waals surface area contributed by atoms with Crippen LogP contribution in [0.25, 0.3) is 64.2 Å². The summed E-state index contributed by atoms with van der Waals surface area (Å²) in [5.41, 5.74) is 12.1. The van der Waals surface area contributed by atoms with E-state index in [1.807, 2.05) is 22.7 Å². The van der Waals surface area contributed by atoms with Crippen LogP contribution >= 0.6 is 22.7 Å². The van der Waals surface area contributed by atoms with E-state index in [-0.39, 0.29) is 0 Å². The number of fused-ring (bicyclic) bond motifs is 4. The maximum atomic E-state index is 5.42. The summed E-state index contributed by atoms with van der Waals surface area (Å²) < 4.78 is 2.59. The molecule has 5 heteroatoms. The Bertz CT molecular complexity index is 2230. The van der Waals surface area contributed by atoms with Crippen molar-refractivity contribution in [2.45, 2.75) is 105 Å². The lowest BCUT2D eigenvalue weighted by atomic mass is 10.0. The van der Waals surface area contributed by atoms with Gasteiger partial charge in [-0.3, -0.25) is 0 Å². The van der Waals surface area contributed by atoms with E-state index in [1.165, 1.54) is 102 Å². The van der Waals surface area contributed by atoms with E-state index in [0.29, 0.717) is 0 Å². The van der Waals surface area contributed by atoms with E-state index >= 15 is 0 Å². The summed E-state index contributed by atoms with van der Waals surface area (Å²) in [6.07, 6.45) is 11.9. The monoisotopic (exact) mass is 683 g/mol. The first-order chi connectivity index (χ1) is 24.0. The third kappa shape index (κ3) is 6.85. The summed E-state index contributed by atoms with van der Waals surface area (Å²) in [5.74, 6) is 0. The molecule has 0 atom stereocenters. The fourth-order valence-corrected chi connectivity index (χ4v) is 9.27. The van der Waals surface area contributed by atoms with Gasteiger partial charge in [-0.1, -0.05) is 102 Å². The molecule has 0 aliphatic rings. The van der Waals surface area contributed by atoms with Crippen molar-refractivity contribution < 1.29 is 0 Å². The summed E-state index contributed by atoms with van der Waals surface area (Å²) in [6.45, 7) is 12.2. The maximum Gasteiger partial charge on any atom is 0.0983 e. The lowest BCUT2D eigenvalue weighted by molar-refractivity contribution is 0.571. The largest absolute Gasteiger partial charge is 0.340 e. The summed E-state index contributed by atoms with van der Waals surface area (Å²) >= 11 is 3.71. The quantitative estimate of drug-likeness (QED) is 0.107. The number of thiophene rings is 2. The van der Waals surface area contributed by atoms with Gasteiger partial charge in [-0.15, -0.1) is 22.7 Å². The Labute approximate surface area is 300 Å². The number of aryl methyl sites for hydroxylation is 5. The van der Waals surface area contributed by atoms with Crippen LogP contribution in [0.2, 0.25) is 0 Å². The number of hydrogen-bond donors (Lipinski definition) is 0. The average Bonchev–Trinajstić information content (AvgIpc) is 3.84. The van der Waals surface area contributed by atoms with E-state index in [2.05, 4.69) is 112 Å². The molecule has 7 aromatic rings. The zero-order chi connectivity index (χ0) is 33.9. The van der Waals surface area contributed by atoms with Crippen molar-refractivity contribution in [1.82, 2.24) is 14.5 Å². The van der Waals surface area contributed by atoms with Crippen molar-refractivity contribution in [2.24, 2.45) is 0 Å². The topological polar surface area (TPSA) is 30.7 Å². The first kappa shape index (κ1) is 33.7. The van der Waals surface area contributed by atoms with E-state index in [4.69, 9.17) is 9.97 Å². The Morgan fingerprint density at radius 2 is 1.14 bits per heavy atom. The molecule has 3 nitrogen and oxygen atoms in total. The maximum absolute atomic E-state index is 5.42. The molecule has 0 bridgehead atoms.